The number of aryl methyl sites for hydroxylation is 3. The fourth-order valence-electron chi connectivity index (χ4n) is 3.69. The summed E-state index contributed by atoms with van der Waals surface area (Å²) < 4.78 is 12.9. The minimum Gasteiger partial charge on any atom is -0.356 e. The van der Waals surface area contributed by atoms with Gasteiger partial charge < -0.3 is 10.2 Å². The molecule has 1 saturated heterocycles. The minimum atomic E-state index is -0.216. The van der Waals surface area contributed by atoms with E-state index in [0.717, 1.165) is 61.7 Å². The number of benzene rings is 1. The molecular weight excluding hydrogens is 355 g/mol. The van der Waals surface area contributed by atoms with Crippen LogP contribution in [0.25, 0.3) is 0 Å². The average Bonchev–Trinajstić information content (AvgIpc) is 2.66. The van der Waals surface area contributed by atoms with Crippen LogP contribution in [0.15, 0.2) is 30.3 Å². The van der Waals surface area contributed by atoms with E-state index in [1.54, 1.807) is 12.1 Å². The highest BCUT2D eigenvalue weighted by Crippen LogP contribution is 2.23. The predicted octanol–water partition coefficient (Wildman–Crippen LogP) is 3.59. The second-order valence-electron chi connectivity index (χ2n) is 7.67. The first-order valence-corrected chi connectivity index (χ1v) is 10.1. The zero-order valence-electron chi connectivity index (χ0n) is 16.7. The van der Waals surface area contributed by atoms with Crippen LogP contribution >= 0.6 is 0 Å². The van der Waals surface area contributed by atoms with Crippen LogP contribution in [0.5, 0.6) is 0 Å². The van der Waals surface area contributed by atoms with Gasteiger partial charge >= 0.3 is 0 Å². The van der Waals surface area contributed by atoms with Crippen molar-refractivity contribution in [1.29, 1.82) is 0 Å². The predicted molar refractivity (Wildman–Crippen MR) is 109 cm³/mol. The van der Waals surface area contributed by atoms with Gasteiger partial charge in [0.05, 0.1) is 0 Å². The molecule has 28 heavy (non-hydrogen) atoms. The van der Waals surface area contributed by atoms with Crippen LogP contribution in [0.2, 0.25) is 0 Å². The average molecular weight is 384 g/mol. The number of hydrogen-bond donors (Lipinski definition) is 1. The fraction of sp³-hybridized carbons (Fsp3) is 0.500. The van der Waals surface area contributed by atoms with Gasteiger partial charge in [-0.2, -0.15) is 0 Å². The monoisotopic (exact) mass is 384 g/mol. The Balaban J connectivity index is 1.35. The SMILES string of the molecule is Cc1cc(C)nc(N2CCC(CC(=O)NCCCc3ccc(F)cc3)CC2)n1. The van der Waals surface area contributed by atoms with Crippen molar-refractivity contribution >= 4 is 11.9 Å². The van der Waals surface area contributed by atoms with Gasteiger partial charge in [-0.15, -0.1) is 0 Å². The van der Waals surface area contributed by atoms with E-state index in [1.165, 1.54) is 12.1 Å². The summed E-state index contributed by atoms with van der Waals surface area (Å²) in [4.78, 5) is 23.5. The molecule has 1 aromatic carbocycles. The second-order valence-corrected chi connectivity index (χ2v) is 7.67. The Kier molecular flexibility index (Phi) is 6.95. The maximum atomic E-state index is 12.9. The Labute approximate surface area is 166 Å². The van der Waals surface area contributed by atoms with E-state index < -0.39 is 0 Å². The van der Waals surface area contributed by atoms with Gasteiger partial charge in [-0.3, -0.25) is 4.79 Å². The zero-order chi connectivity index (χ0) is 19.9. The summed E-state index contributed by atoms with van der Waals surface area (Å²) in [6, 6.07) is 8.53. The van der Waals surface area contributed by atoms with Crippen molar-refractivity contribution in [2.24, 2.45) is 5.92 Å². The highest BCUT2D eigenvalue weighted by atomic mass is 19.1. The third-order valence-electron chi connectivity index (χ3n) is 5.22. The summed E-state index contributed by atoms with van der Waals surface area (Å²) in [6.07, 6.45) is 4.26. The van der Waals surface area contributed by atoms with E-state index >= 15 is 0 Å². The quantitative estimate of drug-likeness (QED) is 0.741. The summed E-state index contributed by atoms with van der Waals surface area (Å²) in [7, 11) is 0. The number of hydrogen-bond acceptors (Lipinski definition) is 4. The zero-order valence-corrected chi connectivity index (χ0v) is 16.7. The molecule has 0 radical (unpaired) electrons. The molecule has 0 spiro atoms. The molecule has 2 aromatic rings. The van der Waals surface area contributed by atoms with Crippen molar-refractivity contribution in [2.45, 2.75) is 46.0 Å². The number of amides is 1. The van der Waals surface area contributed by atoms with Crippen LogP contribution in [0.4, 0.5) is 10.3 Å². The minimum absolute atomic E-state index is 0.125. The number of nitrogens with one attached hydrogen (secondary N) is 1. The molecule has 6 heteroatoms. The fourth-order valence-corrected chi connectivity index (χ4v) is 3.69. The summed E-state index contributed by atoms with van der Waals surface area (Å²) in [5.41, 5.74) is 3.07. The van der Waals surface area contributed by atoms with Gasteiger partial charge in [-0.05, 0) is 69.2 Å². The van der Waals surface area contributed by atoms with Gasteiger partial charge in [0.2, 0.25) is 11.9 Å². The molecule has 0 aliphatic carbocycles. The molecule has 1 fully saturated rings. The van der Waals surface area contributed by atoms with Crippen molar-refractivity contribution in [2.75, 3.05) is 24.5 Å². The van der Waals surface area contributed by atoms with Crippen LogP contribution in [0, 0.1) is 25.6 Å². The molecule has 0 atom stereocenters. The van der Waals surface area contributed by atoms with Crippen molar-refractivity contribution < 1.29 is 9.18 Å². The summed E-state index contributed by atoms with van der Waals surface area (Å²) >= 11 is 0. The first-order chi connectivity index (χ1) is 13.5. The molecule has 1 aliphatic rings. The van der Waals surface area contributed by atoms with E-state index in [0.29, 0.717) is 18.9 Å². The molecule has 1 N–H and O–H groups in total. The Morgan fingerprint density at radius 3 is 2.43 bits per heavy atom. The van der Waals surface area contributed by atoms with Gasteiger partial charge in [0.1, 0.15) is 5.82 Å². The lowest BCUT2D eigenvalue weighted by molar-refractivity contribution is -0.122. The second kappa shape index (κ2) is 9.62. The van der Waals surface area contributed by atoms with E-state index in [1.807, 2.05) is 19.9 Å². The maximum absolute atomic E-state index is 12.9. The molecule has 5 nitrogen and oxygen atoms in total. The molecule has 0 unspecified atom stereocenters. The Morgan fingerprint density at radius 2 is 1.79 bits per heavy atom. The standard InChI is InChI=1S/C22H29FN4O/c1-16-14-17(2)26-22(25-16)27-12-9-19(10-13-27)15-21(28)24-11-3-4-18-5-7-20(23)8-6-18/h5-8,14,19H,3-4,9-13,15H2,1-2H3,(H,24,28). The molecule has 2 heterocycles. The van der Waals surface area contributed by atoms with Crippen LogP contribution in [0.3, 0.4) is 0 Å². The number of piperidine rings is 1. The van der Waals surface area contributed by atoms with Crippen LogP contribution in [-0.4, -0.2) is 35.5 Å². The molecule has 1 aliphatic heterocycles. The number of carbonyl (C=O) groups excluding carboxylic acids is 1. The summed E-state index contributed by atoms with van der Waals surface area (Å²) in [5, 5.41) is 3.02. The first-order valence-electron chi connectivity index (χ1n) is 10.1. The van der Waals surface area contributed by atoms with Gasteiger partial charge in [0, 0.05) is 37.4 Å². The van der Waals surface area contributed by atoms with Crippen molar-refractivity contribution in [3.05, 3.63) is 53.1 Å². The molecular formula is C22H29FN4O. The number of rotatable bonds is 7. The van der Waals surface area contributed by atoms with E-state index in [-0.39, 0.29) is 11.7 Å². The topological polar surface area (TPSA) is 58.1 Å². The van der Waals surface area contributed by atoms with E-state index in [9.17, 15) is 9.18 Å². The van der Waals surface area contributed by atoms with Gasteiger partial charge in [0.25, 0.3) is 0 Å². The third kappa shape index (κ3) is 6.01. The number of carbonyl (C=O) groups is 1. The Morgan fingerprint density at radius 1 is 1.14 bits per heavy atom. The van der Waals surface area contributed by atoms with E-state index in [2.05, 4.69) is 20.2 Å². The lowest BCUT2D eigenvalue weighted by Crippen LogP contribution is -2.37. The van der Waals surface area contributed by atoms with Crippen molar-refractivity contribution in [3.8, 4) is 0 Å². The highest BCUT2D eigenvalue weighted by molar-refractivity contribution is 5.76. The number of halogens is 1. The smallest absolute Gasteiger partial charge is 0.225 e. The Bertz CT molecular complexity index is 765. The lowest BCUT2D eigenvalue weighted by Gasteiger charge is -2.32. The largest absolute Gasteiger partial charge is 0.356 e. The van der Waals surface area contributed by atoms with Crippen LogP contribution in [-0.2, 0) is 11.2 Å². The highest BCUT2D eigenvalue weighted by Gasteiger charge is 2.23. The van der Waals surface area contributed by atoms with Gasteiger partial charge in [0.15, 0.2) is 0 Å². The lowest BCUT2D eigenvalue weighted by atomic mass is 9.93. The normalized spacial score (nSPS) is 14.9. The van der Waals surface area contributed by atoms with Crippen molar-refractivity contribution in [1.82, 2.24) is 15.3 Å². The molecule has 1 aromatic heterocycles. The third-order valence-corrected chi connectivity index (χ3v) is 5.22. The number of nitrogens with zero attached hydrogens (tertiary/aromatic N) is 3. The Hall–Kier alpha value is -2.50. The molecule has 0 bridgehead atoms. The molecule has 150 valence electrons. The molecule has 1 amide bonds. The number of anilines is 1. The van der Waals surface area contributed by atoms with Crippen LogP contribution < -0.4 is 10.2 Å². The number of aromatic nitrogens is 2. The van der Waals surface area contributed by atoms with Crippen molar-refractivity contribution in [3.63, 3.8) is 0 Å². The summed E-state index contributed by atoms with van der Waals surface area (Å²) in [6.45, 7) is 6.43. The van der Waals surface area contributed by atoms with E-state index in [4.69, 9.17) is 0 Å². The van der Waals surface area contributed by atoms with Gasteiger partial charge in [-0.1, -0.05) is 12.1 Å². The van der Waals surface area contributed by atoms with Gasteiger partial charge in [-0.25, -0.2) is 14.4 Å². The van der Waals surface area contributed by atoms with Crippen LogP contribution in [0.1, 0.15) is 42.6 Å². The maximum Gasteiger partial charge on any atom is 0.225 e. The molecule has 3 rings (SSSR count). The summed E-state index contributed by atoms with van der Waals surface area (Å²) in [5.74, 6) is 1.13. The first kappa shape index (κ1) is 20.2. The molecule has 0 saturated carbocycles.